The van der Waals surface area contributed by atoms with Crippen LogP contribution >= 0.6 is 11.3 Å². The van der Waals surface area contributed by atoms with Crippen LogP contribution in [0.1, 0.15) is 37.0 Å². The van der Waals surface area contributed by atoms with Crippen molar-refractivity contribution in [3.63, 3.8) is 0 Å². The van der Waals surface area contributed by atoms with Gasteiger partial charge in [-0.25, -0.2) is 4.98 Å². The van der Waals surface area contributed by atoms with E-state index in [1.165, 1.54) is 5.01 Å². The van der Waals surface area contributed by atoms with E-state index >= 15 is 0 Å². The number of fused-ring (bicyclic) bond motifs is 1. The van der Waals surface area contributed by atoms with Gasteiger partial charge in [-0.3, -0.25) is 9.69 Å². The molecule has 0 bridgehead atoms. The summed E-state index contributed by atoms with van der Waals surface area (Å²) in [5.74, 6) is 1.74. The maximum atomic E-state index is 13.1. The SMILES string of the molecule is COc1ccc2c(c1)CC(C(=O)N1CCN(Cc3csc(C(C)(C)C)n3)CC1)CO2. The second-order valence-electron chi connectivity index (χ2n) is 9.18. The third kappa shape index (κ3) is 4.62. The van der Waals surface area contributed by atoms with Crippen LogP contribution in [0.2, 0.25) is 0 Å². The predicted molar refractivity (Wildman–Crippen MR) is 118 cm³/mol. The van der Waals surface area contributed by atoms with Gasteiger partial charge in [0.15, 0.2) is 0 Å². The van der Waals surface area contributed by atoms with E-state index in [4.69, 9.17) is 14.5 Å². The molecule has 0 radical (unpaired) electrons. The van der Waals surface area contributed by atoms with Gasteiger partial charge in [-0.2, -0.15) is 0 Å². The van der Waals surface area contributed by atoms with Crippen molar-refractivity contribution in [2.24, 2.45) is 5.92 Å². The second kappa shape index (κ2) is 8.55. The lowest BCUT2D eigenvalue weighted by Gasteiger charge is -2.37. The Hall–Kier alpha value is -2.12. The van der Waals surface area contributed by atoms with Crippen LogP contribution in [0.5, 0.6) is 11.5 Å². The molecule has 1 unspecified atom stereocenters. The number of aromatic nitrogens is 1. The molecule has 2 aliphatic heterocycles. The lowest BCUT2D eigenvalue weighted by Crippen LogP contribution is -2.51. The van der Waals surface area contributed by atoms with Gasteiger partial charge < -0.3 is 14.4 Å². The van der Waals surface area contributed by atoms with Crippen molar-refractivity contribution in [1.82, 2.24) is 14.8 Å². The normalized spacial score (nSPS) is 19.9. The lowest BCUT2D eigenvalue weighted by molar-refractivity contribution is -0.138. The van der Waals surface area contributed by atoms with E-state index in [2.05, 4.69) is 31.1 Å². The molecule has 0 N–H and O–H groups in total. The van der Waals surface area contributed by atoms with Crippen molar-refractivity contribution in [2.75, 3.05) is 39.9 Å². The summed E-state index contributed by atoms with van der Waals surface area (Å²) in [6.07, 6.45) is 0.708. The van der Waals surface area contributed by atoms with Gasteiger partial charge in [-0.05, 0) is 30.2 Å². The summed E-state index contributed by atoms with van der Waals surface area (Å²) in [7, 11) is 1.66. The molecule has 3 heterocycles. The van der Waals surface area contributed by atoms with Crippen LogP contribution in [0.4, 0.5) is 0 Å². The van der Waals surface area contributed by atoms with Crippen LogP contribution in [0, 0.1) is 5.92 Å². The molecule has 162 valence electrons. The van der Waals surface area contributed by atoms with Crippen LogP contribution in [-0.2, 0) is 23.2 Å². The van der Waals surface area contributed by atoms with E-state index in [0.717, 1.165) is 55.5 Å². The smallest absolute Gasteiger partial charge is 0.229 e. The third-order valence-electron chi connectivity index (χ3n) is 5.79. The fourth-order valence-electron chi connectivity index (χ4n) is 3.99. The van der Waals surface area contributed by atoms with Crippen molar-refractivity contribution in [1.29, 1.82) is 0 Å². The molecular weight excluding hydrogens is 398 g/mol. The molecule has 0 saturated carbocycles. The highest BCUT2D eigenvalue weighted by molar-refractivity contribution is 7.09. The monoisotopic (exact) mass is 429 g/mol. The van der Waals surface area contributed by atoms with E-state index in [0.29, 0.717) is 13.0 Å². The summed E-state index contributed by atoms with van der Waals surface area (Å²) in [6.45, 7) is 11.2. The number of benzene rings is 1. The number of hydrogen-bond donors (Lipinski definition) is 0. The molecular formula is C23H31N3O3S. The number of rotatable bonds is 4. The average molecular weight is 430 g/mol. The summed E-state index contributed by atoms with van der Waals surface area (Å²) >= 11 is 1.74. The van der Waals surface area contributed by atoms with E-state index in [-0.39, 0.29) is 17.2 Å². The first-order valence-electron chi connectivity index (χ1n) is 10.6. The minimum absolute atomic E-state index is 0.0960. The predicted octanol–water partition coefficient (Wildman–Crippen LogP) is 3.34. The number of piperazine rings is 1. The molecule has 0 spiro atoms. The Morgan fingerprint density at radius 3 is 2.70 bits per heavy atom. The Morgan fingerprint density at radius 2 is 2.03 bits per heavy atom. The zero-order valence-corrected chi connectivity index (χ0v) is 19.1. The third-order valence-corrected chi connectivity index (χ3v) is 7.10. The summed E-state index contributed by atoms with van der Waals surface area (Å²) in [4.78, 5) is 22.3. The van der Waals surface area contributed by atoms with Crippen LogP contribution in [-0.4, -0.2) is 60.6 Å². The van der Waals surface area contributed by atoms with Crippen LogP contribution in [0.15, 0.2) is 23.6 Å². The Balaban J connectivity index is 1.31. The first-order valence-corrected chi connectivity index (χ1v) is 11.5. The summed E-state index contributed by atoms with van der Waals surface area (Å²) in [5, 5.41) is 3.35. The molecule has 1 fully saturated rings. The highest BCUT2D eigenvalue weighted by atomic mass is 32.1. The van der Waals surface area contributed by atoms with Gasteiger partial charge >= 0.3 is 0 Å². The number of methoxy groups -OCH3 is 1. The van der Waals surface area contributed by atoms with E-state index in [9.17, 15) is 4.79 Å². The molecule has 1 atom stereocenters. The highest BCUT2D eigenvalue weighted by Crippen LogP contribution is 2.31. The van der Waals surface area contributed by atoms with Crippen molar-refractivity contribution in [2.45, 2.75) is 39.2 Å². The Morgan fingerprint density at radius 1 is 1.27 bits per heavy atom. The molecule has 0 aliphatic carbocycles. The molecule has 30 heavy (non-hydrogen) atoms. The fourth-order valence-corrected chi connectivity index (χ4v) is 4.89. The molecule has 1 aromatic heterocycles. The molecule has 7 heteroatoms. The topological polar surface area (TPSA) is 54.9 Å². The summed E-state index contributed by atoms with van der Waals surface area (Å²) in [6, 6.07) is 5.80. The number of nitrogens with zero attached hydrogens (tertiary/aromatic N) is 3. The van der Waals surface area contributed by atoms with Crippen LogP contribution < -0.4 is 9.47 Å². The van der Waals surface area contributed by atoms with Gasteiger partial charge in [0.25, 0.3) is 0 Å². The minimum atomic E-state index is -0.121. The number of amides is 1. The molecule has 6 nitrogen and oxygen atoms in total. The van der Waals surface area contributed by atoms with Gasteiger partial charge in [-0.1, -0.05) is 20.8 Å². The Labute approximate surface area is 182 Å². The molecule has 1 saturated heterocycles. The quantitative estimate of drug-likeness (QED) is 0.746. The molecule has 1 amide bonds. The van der Waals surface area contributed by atoms with Crippen molar-refractivity contribution in [3.05, 3.63) is 39.8 Å². The second-order valence-corrected chi connectivity index (χ2v) is 10.0. The molecule has 1 aromatic carbocycles. The van der Waals surface area contributed by atoms with Crippen molar-refractivity contribution >= 4 is 17.2 Å². The minimum Gasteiger partial charge on any atom is -0.497 e. The standard InChI is InChI=1S/C23H31N3O3S/c1-23(2,3)22-24-18(15-30-22)13-25-7-9-26(10-8-25)21(27)17-11-16-12-19(28-4)5-6-20(16)29-14-17/h5-6,12,15,17H,7-11,13-14H2,1-4H3. The van der Waals surface area contributed by atoms with Crippen LogP contribution in [0.25, 0.3) is 0 Å². The Bertz CT molecular complexity index is 897. The fraction of sp³-hybridized carbons (Fsp3) is 0.565. The number of thiazole rings is 1. The summed E-state index contributed by atoms with van der Waals surface area (Å²) < 4.78 is 11.2. The van der Waals surface area contributed by atoms with Crippen molar-refractivity contribution < 1.29 is 14.3 Å². The number of carbonyl (C=O) groups is 1. The molecule has 2 aliphatic rings. The largest absolute Gasteiger partial charge is 0.497 e. The zero-order chi connectivity index (χ0) is 21.3. The van der Waals surface area contributed by atoms with Crippen molar-refractivity contribution in [3.8, 4) is 11.5 Å². The van der Waals surface area contributed by atoms with Crippen LogP contribution in [0.3, 0.4) is 0 Å². The number of hydrogen-bond acceptors (Lipinski definition) is 6. The number of carbonyl (C=O) groups excluding carboxylic acids is 1. The highest BCUT2D eigenvalue weighted by Gasteiger charge is 2.31. The molecule has 4 rings (SSSR count). The lowest BCUT2D eigenvalue weighted by atomic mass is 9.95. The zero-order valence-electron chi connectivity index (χ0n) is 18.3. The van der Waals surface area contributed by atoms with Gasteiger partial charge in [0.2, 0.25) is 5.91 Å². The van der Waals surface area contributed by atoms with Gasteiger partial charge in [0.05, 0.1) is 23.7 Å². The average Bonchev–Trinajstić information content (AvgIpc) is 3.22. The van der Waals surface area contributed by atoms with Gasteiger partial charge in [-0.15, -0.1) is 11.3 Å². The Kier molecular flexibility index (Phi) is 6.02. The molecule has 2 aromatic rings. The first kappa shape index (κ1) is 21.1. The van der Waals surface area contributed by atoms with E-state index < -0.39 is 0 Å². The number of ether oxygens (including phenoxy) is 2. The van der Waals surface area contributed by atoms with E-state index in [1.54, 1.807) is 18.4 Å². The summed E-state index contributed by atoms with van der Waals surface area (Å²) in [5.41, 5.74) is 2.28. The maximum Gasteiger partial charge on any atom is 0.229 e. The van der Waals surface area contributed by atoms with Gasteiger partial charge in [0, 0.05) is 43.5 Å². The maximum absolute atomic E-state index is 13.1. The first-order chi connectivity index (χ1) is 14.3. The van der Waals surface area contributed by atoms with Gasteiger partial charge in [0.1, 0.15) is 18.1 Å². The van der Waals surface area contributed by atoms with E-state index in [1.807, 2.05) is 23.1 Å².